The maximum Gasteiger partial charge on any atom is 0.260 e. The average molecular weight is 517 g/mol. The van der Waals surface area contributed by atoms with Crippen LogP contribution in [0.25, 0.3) is 16.4 Å². The van der Waals surface area contributed by atoms with Gasteiger partial charge in [-0.15, -0.1) is 0 Å². The molecule has 0 bridgehead atoms. The fraction of sp³-hybridized carbons (Fsp3) is 0.304. The SMILES string of the molecule is Cc1nn2cccnc2c1C(=O)N[C@@H](C)c1cc2cccc(Cl)c2c(=O)n1CCN(C)S(C)(=O)=O. The molecule has 35 heavy (non-hydrogen) atoms. The molecular weight excluding hydrogens is 492 g/mol. The maximum absolute atomic E-state index is 13.5. The highest BCUT2D eigenvalue weighted by molar-refractivity contribution is 7.88. The van der Waals surface area contributed by atoms with E-state index in [2.05, 4.69) is 15.4 Å². The van der Waals surface area contributed by atoms with E-state index in [1.54, 1.807) is 56.6 Å². The van der Waals surface area contributed by atoms with Gasteiger partial charge in [0, 0.05) is 38.2 Å². The second-order valence-electron chi connectivity index (χ2n) is 8.36. The average Bonchev–Trinajstić information content (AvgIpc) is 3.13. The number of benzene rings is 1. The molecule has 184 valence electrons. The van der Waals surface area contributed by atoms with Crippen molar-refractivity contribution in [2.75, 3.05) is 19.8 Å². The number of likely N-dealkylation sites (N-methyl/N-ethyl adjacent to an activating group) is 1. The van der Waals surface area contributed by atoms with Gasteiger partial charge < -0.3 is 9.88 Å². The van der Waals surface area contributed by atoms with Crippen LogP contribution >= 0.6 is 11.6 Å². The second-order valence-corrected chi connectivity index (χ2v) is 10.9. The van der Waals surface area contributed by atoms with Gasteiger partial charge in [0.1, 0.15) is 5.56 Å². The largest absolute Gasteiger partial charge is 0.344 e. The molecule has 4 aromatic rings. The van der Waals surface area contributed by atoms with Crippen molar-refractivity contribution in [3.8, 4) is 0 Å². The zero-order chi connectivity index (χ0) is 25.5. The molecule has 10 nitrogen and oxygen atoms in total. The van der Waals surface area contributed by atoms with Gasteiger partial charge in [0.05, 0.1) is 28.4 Å². The lowest BCUT2D eigenvalue weighted by Gasteiger charge is -2.22. The molecule has 0 aliphatic rings. The smallest absolute Gasteiger partial charge is 0.260 e. The fourth-order valence-electron chi connectivity index (χ4n) is 3.98. The molecule has 0 aliphatic carbocycles. The number of pyridine rings is 1. The van der Waals surface area contributed by atoms with Crippen molar-refractivity contribution < 1.29 is 13.2 Å². The number of aromatic nitrogens is 4. The summed E-state index contributed by atoms with van der Waals surface area (Å²) in [6.45, 7) is 3.63. The number of rotatable bonds is 7. The van der Waals surface area contributed by atoms with Gasteiger partial charge in [-0.3, -0.25) is 9.59 Å². The normalized spacial score (nSPS) is 13.0. The van der Waals surface area contributed by atoms with Gasteiger partial charge in [-0.2, -0.15) is 5.10 Å². The number of nitrogens with zero attached hydrogens (tertiary/aromatic N) is 5. The predicted molar refractivity (Wildman–Crippen MR) is 134 cm³/mol. The van der Waals surface area contributed by atoms with Gasteiger partial charge in [-0.25, -0.2) is 22.2 Å². The van der Waals surface area contributed by atoms with Crippen LogP contribution < -0.4 is 10.9 Å². The minimum absolute atomic E-state index is 0.0689. The number of aryl methyl sites for hydroxylation is 1. The van der Waals surface area contributed by atoms with E-state index in [0.717, 1.165) is 10.6 Å². The molecule has 4 rings (SSSR count). The molecule has 3 aromatic heterocycles. The molecule has 1 atom stereocenters. The lowest BCUT2D eigenvalue weighted by Crippen LogP contribution is -2.36. The third-order valence-electron chi connectivity index (χ3n) is 5.91. The van der Waals surface area contributed by atoms with E-state index < -0.39 is 16.1 Å². The summed E-state index contributed by atoms with van der Waals surface area (Å²) in [6, 6.07) is 8.05. The number of carbonyl (C=O) groups is 1. The molecule has 0 fully saturated rings. The summed E-state index contributed by atoms with van der Waals surface area (Å²) in [5, 5.41) is 8.53. The van der Waals surface area contributed by atoms with E-state index in [1.807, 2.05) is 0 Å². The monoisotopic (exact) mass is 516 g/mol. The van der Waals surface area contributed by atoms with Gasteiger partial charge in [0.15, 0.2) is 5.65 Å². The predicted octanol–water partition coefficient (Wildman–Crippen LogP) is 2.39. The number of nitrogens with one attached hydrogen (secondary N) is 1. The van der Waals surface area contributed by atoms with Gasteiger partial charge in [0.2, 0.25) is 10.0 Å². The summed E-state index contributed by atoms with van der Waals surface area (Å²) in [4.78, 5) is 31.0. The van der Waals surface area contributed by atoms with Crippen LogP contribution in [-0.2, 0) is 16.6 Å². The summed E-state index contributed by atoms with van der Waals surface area (Å²) >= 11 is 6.32. The van der Waals surface area contributed by atoms with Crippen molar-refractivity contribution in [1.29, 1.82) is 0 Å². The summed E-state index contributed by atoms with van der Waals surface area (Å²) in [6.07, 6.45) is 4.39. The summed E-state index contributed by atoms with van der Waals surface area (Å²) in [5.41, 5.74) is 1.44. The topological polar surface area (TPSA) is 119 Å². The Bertz CT molecular complexity index is 1610. The minimum Gasteiger partial charge on any atom is -0.344 e. The number of amides is 1. The van der Waals surface area contributed by atoms with Crippen LogP contribution in [0.5, 0.6) is 0 Å². The number of hydrogen-bond donors (Lipinski definition) is 1. The molecular formula is C23H25ClN6O4S. The number of carbonyl (C=O) groups excluding carboxylic acids is 1. The first-order valence-corrected chi connectivity index (χ1v) is 13.1. The molecule has 0 saturated heterocycles. The third kappa shape index (κ3) is 4.79. The highest BCUT2D eigenvalue weighted by Crippen LogP contribution is 2.24. The molecule has 1 N–H and O–H groups in total. The maximum atomic E-state index is 13.5. The van der Waals surface area contributed by atoms with E-state index in [4.69, 9.17) is 11.6 Å². The Morgan fingerprint density at radius 2 is 2.03 bits per heavy atom. The molecule has 1 amide bonds. The van der Waals surface area contributed by atoms with Gasteiger partial charge in [-0.05, 0) is 37.4 Å². The van der Waals surface area contributed by atoms with Crippen molar-refractivity contribution in [3.63, 3.8) is 0 Å². The Balaban J connectivity index is 1.75. The quantitative estimate of drug-likeness (QED) is 0.403. The highest BCUT2D eigenvalue weighted by atomic mass is 35.5. The van der Waals surface area contributed by atoms with E-state index in [1.165, 1.54) is 16.1 Å². The zero-order valence-corrected chi connectivity index (χ0v) is 21.3. The van der Waals surface area contributed by atoms with Crippen molar-refractivity contribution >= 4 is 44.0 Å². The van der Waals surface area contributed by atoms with Crippen molar-refractivity contribution in [2.24, 2.45) is 0 Å². The van der Waals surface area contributed by atoms with Crippen LogP contribution in [0.2, 0.25) is 5.02 Å². The van der Waals surface area contributed by atoms with E-state index in [-0.39, 0.29) is 24.6 Å². The van der Waals surface area contributed by atoms with Crippen LogP contribution in [-0.4, -0.2) is 57.6 Å². The first-order valence-electron chi connectivity index (χ1n) is 10.8. The van der Waals surface area contributed by atoms with Crippen LogP contribution in [0.3, 0.4) is 0 Å². The van der Waals surface area contributed by atoms with Crippen LogP contribution in [0, 0.1) is 6.92 Å². The Morgan fingerprint density at radius 3 is 2.74 bits per heavy atom. The van der Waals surface area contributed by atoms with E-state index >= 15 is 0 Å². The minimum atomic E-state index is -3.44. The summed E-state index contributed by atoms with van der Waals surface area (Å²) < 4.78 is 27.9. The number of sulfonamides is 1. The fourth-order valence-corrected chi connectivity index (χ4v) is 4.65. The Labute approximate surface area is 207 Å². The summed E-state index contributed by atoms with van der Waals surface area (Å²) in [5.74, 6) is -0.387. The lowest BCUT2D eigenvalue weighted by atomic mass is 10.1. The first kappa shape index (κ1) is 24.8. The number of fused-ring (bicyclic) bond motifs is 2. The zero-order valence-electron chi connectivity index (χ0n) is 19.7. The first-order chi connectivity index (χ1) is 16.5. The Kier molecular flexibility index (Phi) is 6.67. The Morgan fingerprint density at radius 1 is 1.29 bits per heavy atom. The van der Waals surface area contributed by atoms with Gasteiger partial charge >= 0.3 is 0 Å². The molecule has 0 radical (unpaired) electrons. The van der Waals surface area contributed by atoms with Crippen LogP contribution in [0.15, 0.2) is 47.5 Å². The van der Waals surface area contributed by atoms with Crippen LogP contribution in [0.4, 0.5) is 0 Å². The Hall–Kier alpha value is -3.28. The highest BCUT2D eigenvalue weighted by Gasteiger charge is 2.23. The standard InChI is InChI=1S/C23H25ClN6O4S/c1-14(26-22(31)19-15(2)27-30-10-6-9-25-21(19)30)18-13-16-7-5-8-17(24)20(16)23(32)29(18)12-11-28(3)35(4,33)34/h5-10,13-14H,11-12H2,1-4H3,(H,26,31)/t14-/m0/s1. The van der Waals surface area contributed by atoms with Crippen molar-refractivity contribution in [3.05, 3.63) is 75.1 Å². The van der Waals surface area contributed by atoms with Crippen molar-refractivity contribution in [2.45, 2.75) is 26.4 Å². The number of hydrogen-bond acceptors (Lipinski definition) is 6. The van der Waals surface area contributed by atoms with Gasteiger partial charge in [-0.1, -0.05) is 23.7 Å². The molecule has 3 heterocycles. The third-order valence-corrected chi connectivity index (χ3v) is 7.54. The molecule has 0 aliphatic heterocycles. The number of halogens is 1. The van der Waals surface area contributed by atoms with E-state index in [0.29, 0.717) is 38.4 Å². The molecule has 0 spiro atoms. The molecule has 12 heteroatoms. The van der Waals surface area contributed by atoms with Gasteiger partial charge in [0.25, 0.3) is 11.5 Å². The molecule has 0 unspecified atom stereocenters. The lowest BCUT2D eigenvalue weighted by molar-refractivity contribution is 0.0939. The second kappa shape index (κ2) is 9.40. The molecule has 0 saturated carbocycles. The summed E-state index contributed by atoms with van der Waals surface area (Å²) in [7, 11) is -1.99. The van der Waals surface area contributed by atoms with Crippen LogP contribution in [0.1, 0.15) is 34.7 Å². The van der Waals surface area contributed by atoms with E-state index in [9.17, 15) is 18.0 Å². The molecule has 1 aromatic carbocycles. The van der Waals surface area contributed by atoms with Crippen molar-refractivity contribution in [1.82, 2.24) is 28.8 Å².